The second kappa shape index (κ2) is 13.8. The van der Waals surface area contributed by atoms with Gasteiger partial charge in [-0.3, -0.25) is 0 Å². The minimum Gasteiger partial charge on any atom is -0.497 e. The maximum Gasteiger partial charge on any atom is 0.118 e. The molecule has 0 saturated carbocycles. The third kappa shape index (κ3) is 9.96. The van der Waals surface area contributed by atoms with E-state index in [1.54, 1.807) is 7.11 Å². The SMILES string of the molecule is CCCCCCCCCCCCSC(C)c1ccc(OC)cc1. The molecule has 0 N–H and O–H groups in total. The van der Waals surface area contributed by atoms with Gasteiger partial charge in [0.1, 0.15) is 5.75 Å². The molecule has 0 bridgehead atoms. The highest BCUT2D eigenvalue weighted by atomic mass is 32.2. The predicted octanol–water partition coefficient (Wildman–Crippen LogP) is 7.41. The van der Waals surface area contributed by atoms with Gasteiger partial charge in [-0.1, -0.05) is 76.8 Å². The van der Waals surface area contributed by atoms with Crippen molar-refractivity contribution in [2.24, 2.45) is 0 Å². The first kappa shape index (κ1) is 20.4. The number of thioether (sulfide) groups is 1. The van der Waals surface area contributed by atoms with Crippen molar-refractivity contribution < 1.29 is 4.74 Å². The van der Waals surface area contributed by atoms with Crippen LogP contribution in [0.4, 0.5) is 0 Å². The lowest BCUT2D eigenvalue weighted by molar-refractivity contribution is 0.414. The molecule has 0 aromatic heterocycles. The highest BCUT2D eigenvalue weighted by molar-refractivity contribution is 7.99. The van der Waals surface area contributed by atoms with Crippen LogP contribution in [0.25, 0.3) is 0 Å². The Labute approximate surface area is 148 Å². The lowest BCUT2D eigenvalue weighted by Gasteiger charge is -2.12. The first-order valence-corrected chi connectivity index (χ1v) is 10.6. The topological polar surface area (TPSA) is 9.23 Å². The van der Waals surface area contributed by atoms with Crippen molar-refractivity contribution in [2.45, 2.75) is 83.3 Å². The van der Waals surface area contributed by atoms with Crippen LogP contribution in [0.5, 0.6) is 5.75 Å². The van der Waals surface area contributed by atoms with Crippen LogP contribution in [0, 0.1) is 0 Å². The van der Waals surface area contributed by atoms with Gasteiger partial charge >= 0.3 is 0 Å². The second-order valence-corrected chi connectivity index (χ2v) is 7.92. The Bertz CT molecular complexity index is 374. The van der Waals surface area contributed by atoms with Crippen molar-refractivity contribution in [3.63, 3.8) is 0 Å². The molecule has 0 amide bonds. The van der Waals surface area contributed by atoms with E-state index >= 15 is 0 Å². The van der Waals surface area contributed by atoms with Crippen LogP contribution in [0.1, 0.15) is 88.9 Å². The molecule has 132 valence electrons. The first-order chi connectivity index (χ1) is 11.3. The number of hydrogen-bond acceptors (Lipinski definition) is 2. The van der Waals surface area contributed by atoms with Crippen molar-refractivity contribution in [3.05, 3.63) is 29.8 Å². The van der Waals surface area contributed by atoms with E-state index in [0.717, 1.165) is 5.75 Å². The van der Waals surface area contributed by atoms with E-state index in [1.165, 1.54) is 75.5 Å². The summed E-state index contributed by atoms with van der Waals surface area (Å²) in [6, 6.07) is 8.50. The van der Waals surface area contributed by atoms with Gasteiger partial charge in [0.05, 0.1) is 7.11 Å². The minimum absolute atomic E-state index is 0.583. The summed E-state index contributed by atoms with van der Waals surface area (Å²) in [7, 11) is 1.72. The summed E-state index contributed by atoms with van der Waals surface area (Å²) in [5, 5.41) is 0.583. The van der Waals surface area contributed by atoms with Crippen LogP contribution in [0.2, 0.25) is 0 Å². The van der Waals surface area contributed by atoms with E-state index in [9.17, 15) is 0 Å². The van der Waals surface area contributed by atoms with Gasteiger partial charge in [0.15, 0.2) is 0 Å². The normalized spacial score (nSPS) is 12.3. The molecule has 1 rings (SSSR count). The molecule has 0 spiro atoms. The zero-order valence-corrected chi connectivity index (χ0v) is 16.3. The largest absolute Gasteiger partial charge is 0.497 e. The van der Waals surface area contributed by atoms with Gasteiger partial charge in [-0.2, -0.15) is 11.8 Å². The van der Waals surface area contributed by atoms with Crippen LogP contribution in [0.3, 0.4) is 0 Å². The summed E-state index contributed by atoms with van der Waals surface area (Å²) in [5.74, 6) is 2.23. The molecule has 1 atom stereocenters. The number of rotatable bonds is 14. The molecule has 1 unspecified atom stereocenters. The Kier molecular flexibility index (Phi) is 12.2. The fourth-order valence-electron chi connectivity index (χ4n) is 2.82. The van der Waals surface area contributed by atoms with Gasteiger partial charge < -0.3 is 4.74 Å². The van der Waals surface area contributed by atoms with Crippen LogP contribution in [-0.2, 0) is 0 Å². The lowest BCUT2D eigenvalue weighted by atomic mass is 10.1. The number of ether oxygens (including phenoxy) is 1. The Morgan fingerprint density at radius 2 is 1.35 bits per heavy atom. The first-order valence-electron chi connectivity index (χ1n) is 9.53. The molecule has 0 aliphatic heterocycles. The van der Waals surface area contributed by atoms with E-state index in [1.807, 2.05) is 0 Å². The molecule has 0 aliphatic rings. The predicted molar refractivity (Wildman–Crippen MR) is 106 cm³/mol. The molecular formula is C21H36OS. The Morgan fingerprint density at radius 3 is 1.87 bits per heavy atom. The monoisotopic (exact) mass is 336 g/mol. The summed E-state index contributed by atoms with van der Waals surface area (Å²) in [5.41, 5.74) is 1.41. The van der Waals surface area contributed by atoms with Gasteiger partial charge in [-0.05, 0) is 36.8 Å². The Balaban J connectivity index is 1.95. The standard InChI is InChI=1S/C21H36OS/c1-4-5-6-7-8-9-10-11-12-13-18-23-19(2)20-14-16-21(22-3)17-15-20/h14-17,19H,4-13,18H2,1-3H3. The van der Waals surface area contributed by atoms with Crippen LogP contribution in [0.15, 0.2) is 24.3 Å². The smallest absolute Gasteiger partial charge is 0.118 e. The molecule has 1 aromatic rings. The number of unbranched alkanes of at least 4 members (excludes halogenated alkanes) is 9. The van der Waals surface area contributed by atoms with E-state index in [2.05, 4.69) is 49.9 Å². The van der Waals surface area contributed by atoms with Crippen molar-refractivity contribution in [2.75, 3.05) is 12.9 Å². The summed E-state index contributed by atoms with van der Waals surface area (Å²) in [4.78, 5) is 0. The average Bonchev–Trinajstić information content (AvgIpc) is 2.59. The molecule has 0 aliphatic carbocycles. The summed E-state index contributed by atoms with van der Waals surface area (Å²) in [6.45, 7) is 4.59. The maximum absolute atomic E-state index is 5.21. The van der Waals surface area contributed by atoms with E-state index < -0.39 is 0 Å². The molecule has 1 aromatic carbocycles. The fourth-order valence-corrected chi connectivity index (χ4v) is 3.89. The highest BCUT2D eigenvalue weighted by Gasteiger charge is 2.05. The molecule has 2 heteroatoms. The maximum atomic E-state index is 5.21. The quantitative estimate of drug-likeness (QED) is 0.327. The third-order valence-corrected chi connectivity index (χ3v) is 5.75. The number of methoxy groups -OCH3 is 1. The highest BCUT2D eigenvalue weighted by Crippen LogP contribution is 2.30. The molecule has 23 heavy (non-hydrogen) atoms. The van der Waals surface area contributed by atoms with Gasteiger partial charge in [-0.15, -0.1) is 0 Å². The number of benzene rings is 1. The van der Waals surface area contributed by atoms with Crippen molar-refractivity contribution in [3.8, 4) is 5.75 Å². The molecule has 0 radical (unpaired) electrons. The minimum atomic E-state index is 0.583. The summed E-state index contributed by atoms with van der Waals surface area (Å²) in [6.07, 6.45) is 14.2. The van der Waals surface area contributed by atoms with Gasteiger partial charge in [0, 0.05) is 5.25 Å². The zero-order valence-electron chi connectivity index (χ0n) is 15.5. The molecule has 0 saturated heterocycles. The van der Waals surface area contributed by atoms with Crippen molar-refractivity contribution >= 4 is 11.8 Å². The van der Waals surface area contributed by atoms with Crippen molar-refractivity contribution in [1.29, 1.82) is 0 Å². The second-order valence-electron chi connectivity index (χ2n) is 6.47. The van der Waals surface area contributed by atoms with Crippen LogP contribution in [-0.4, -0.2) is 12.9 Å². The van der Waals surface area contributed by atoms with Crippen molar-refractivity contribution in [1.82, 2.24) is 0 Å². The average molecular weight is 337 g/mol. The number of hydrogen-bond donors (Lipinski definition) is 0. The van der Waals surface area contributed by atoms with Gasteiger partial charge in [0.25, 0.3) is 0 Å². The van der Waals surface area contributed by atoms with E-state index in [0.29, 0.717) is 5.25 Å². The molecule has 1 nitrogen and oxygen atoms in total. The molecular weight excluding hydrogens is 300 g/mol. The summed E-state index contributed by atoms with van der Waals surface area (Å²) < 4.78 is 5.21. The van der Waals surface area contributed by atoms with E-state index in [-0.39, 0.29) is 0 Å². The fraction of sp³-hybridized carbons (Fsp3) is 0.714. The van der Waals surface area contributed by atoms with Crippen LogP contribution >= 0.6 is 11.8 Å². The van der Waals surface area contributed by atoms with Gasteiger partial charge in [0.2, 0.25) is 0 Å². The van der Waals surface area contributed by atoms with Crippen LogP contribution < -0.4 is 4.74 Å². The Hall–Kier alpha value is -0.630. The third-order valence-electron chi connectivity index (χ3n) is 4.45. The molecule has 0 fully saturated rings. The Morgan fingerprint density at radius 1 is 0.826 bits per heavy atom. The summed E-state index contributed by atoms with van der Waals surface area (Å²) >= 11 is 2.08. The molecule has 0 heterocycles. The van der Waals surface area contributed by atoms with Gasteiger partial charge in [-0.25, -0.2) is 0 Å². The van der Waals surface area contributed by atoms with E-state index in [4.69, 9.17) is 4.74 Å². The lowest BCUT2D eigenvalue weighted by Crippen LogP contribution is -1.91. The zero-order chi connectivity index (χ0) is 16.8.